The molecule has 0 aliphatic rings. The third kappa shape index (κ3) is 2.30. The standard InChI is InChI=1S/C17H16N2O5/c1-22-12-9-11-13(17(24-3)16(12)23-2)15(19(20)21)14(18-11)10-7-5-4-6-8-10/h4-9,18H,1-3H3. The lowest BCUT2D eigenvalue weighted by molar-refractivity contribution is -0.382. The zero-order valence-electron chi connectivity index (χ0n) is 13.5. The third-order valence-corrected chi connectivity index (χ3v) is 3.81. The highest BCUT2D eigenvalue weighted by atomic mass is 16.6. The molecule has 7 nitrogen and oxygen atoms in total. The van der Waals surface area contributed by atoms with Crippen LogP contribution >= 0.6 is 0 Å². The van der Waals surface area contributed by atoms with Crippen molar-refractivity contribution in [3.8, 4) is 28.5 Å². The first-order valence-corrected chi connectivity index (χ1v) is 7.16. The van der Waals surface area contributed by atoms with Crippen molar-refractivity contribution < 1.29 is 19.1 Å². The maximum atomic E-state index is 11.8. The molecule has 2 aromatic carbocycles. The molecule has 0 aliphatic heterocycles. The number of hydrogen-bond donors (Lipinski definition) is 1. The van der Waals surface area contributed by atoms with Crippen LogP contribution in [0.3, 0.4) is 0 Å². The summed E-state index contributed by atoms with van der Waals surface area (Å²) in [6.07, 6.45) is 0. The van der Waals surface area contributed by atoms with Gasteiger partial charge in [0, 0.05) is 11.6 Å². The summed E-state index contributed by atoms with van der Waals surface area (Å²) in [7, 11) is 4.40. The summed E-state index contributed by atoms with van der Waals surface area (Å²) < 4.78 is 16.0. The number of methoxy groups -OCH3 is 3. The van der Waals surface area contributed by atoms with Gasteiger partial charge in [-0.25, -0.2) is 0 Å². The van der Waals surface area contributed by atoms with Crippen LogP contribution in [0.4, 0.5) is 5.69 Å². The fourth-order valence-electron chi connectivity index (χ4n) is 2.81. The summed E-state index contributed by atoms with van der Waals surface area (Å²) in [5, 5.41) is 12.1. The van der Waals surface area contributed by atoms with E-state index in [0.29, 0.717) is 33.7 Å². The molecule has 1 aromatic heterocycles. The van der Waals surface area contributed by atoms with E-state index < -0.39 is 4.92 Å². The van der Waals surface area contributed by atoms with Crippen LogP contribution in [-0.2, 0) is 0 Å². The highest BCUT2D eigenvalue weighted by Gasteiger charge is 2.29. The van der Waals surface area contributed by atoms with E-state index in [1.165, 1.54) is 21.3 Å². The van der Waals surface area contributed by atoms with Crippen molar-refractivity contribution >= 4 is 16.6 Å². The average molecular weight is 328 g/mol. The molecule has 0 saturated heterocycles. The molecule has 0 aliphatic carbocycles. The smallest absolute Gasteiger partial charge is 0.306 e. The van der Waals surface area contributed by atoms with E-state index in [1.54, 1.807) is 18.2 Å². The molecule has 0 bridgehead atoms. The maximum absolute atomic E-state index is 11.8. The molecular weight excluding hydrogens is 312 g/mol. The number of aromatic amines is 1. The Morgan fingerprint density at radius 1 is 1.00 bits per heavy atom. The first-order valence-electron chi connectivity index (χ1n) is 7.16. The van der Waals surface area contributed by atoms with Gasteiger partial charge in [-0.15, -0.1) is 0 Å². The minimum Gasteiger partial charge on any atom is -0.493 e. The quantitative estimate of drug-likeness (QED) is 0.569. The zero-order chi connectivity index (χ0) is 17.3. The summed E-state index contributed by atoms with van der Waals surface area (Å²) in [5.41, 5.74) is 1.59. The first-order chi connectivity index (χ1) is 11.6. The number of H-pyrrole nitrogens is 1. The number of aromatic nitrogens is 1. The molecule has 0 amide bonds. The molecule has 24 heavy (non-hydrogen) atoms. The lowest BCUT2D eigenvalue weighted by Gasteiger charge is -2.12. The monoisotopic (exact) mass is 328 g/mol. The molecule has 1 heterocycles. The summed E-state index contributed by atoms with van der Waals surface area (Å²) in [5.74, 6) is 1.00. The molecule has 0 atom stereocenters. The average Bonchev–Trinajstić information content (AvgIpc) is 2.99. The molecule has 7 heteroatoms. The number of fused-ring (bicyclic) bond motifs is 1. The Morgan fingerprint density at radius 3 is 2.21 bits per heavy atom. The first kappa shape index (κ1) is 15.7. The number of rotatable bonds is 5. The van der Waals surface area contributed by atoms with Crippen molar-refractivity contribution in [3.63, 3.8) is 0 Å². The van der Waals surface area contributed by atoms with Crippen molar-refractivity contribution in [1.29, 1.82) is 0 Å². The summed E-state index contributed by atoms with van der Waals surface area (Å²) in [6, 6.07) is 10.8. The predicted octanol–water partition coefficient (Wildman–Crippen LogP) is 3.77. The largest absolute Gasteiger partial charge is 0.493 e. The van der Waals surface area contributed by atoms with Crippen molar-refractivity contribution in [1.82, 2.24) is 4.98 Å². The maximum Gasteiger partial charge on any atom is 0.306 e. The molecule has 0 saturated carbocycles. The Labute approximate surface area is 137 Å². The van der Waals surface area contributed by atoms with Crippen molar-refractivity contribution in [2.45, 2.75) is 0 Å². The van der Waals surface area contributed by atoms with E-state index >= 15 is 0 Å². The van der Waals surface area contributed by atoms with Gasteiger partial charge in [0.25, 0.3) is 0 Å². The van der Waals surface area contributed by atoms with Gasteiger partial charge in [-0.3, -0.25) is 10.1 Å². The minimum absolute atomic E-state index is 0.0611. The van der Waals surface area contributed by atoms with Crippen molar-refractivity contribution in [2.24, 2.45) is 0 Å². The van der Waals surface area contributed by atoms with E-state index in [0.717, 1.165) is 0 Å². The van der Waals surface area contributed by atoms with Gasteiger partial charge in [0.2, 0.25) is 5.75 Å². The summed E-state index contributed by atoms with van der Waals surface area (Å²) in [6.45, 7) is 0. The van der Waals surface area contributed by atoms with Gasteiger partial charge in [0.1, 0.15) is 11.1 Å². The highest BCUT2D eigenvalue weighted by Crippen LogP contribution is 2.49. The molecule has 0 fully saturated rings. The fraction of sp³-hybridized carbons (Fsp3) is 0.176. The van der Waals surface area contributed by atoms with Gasteiger partial charge < -0.3 is 19.2 Å². The van der Waals surface area contributed by atoms with Gasteiger partial charge in [-0.1, -0.05) is 30.3 Å². The zero-order valence-corrected chi connectivity index (χ0v) is 13.5. The fourth-order valence-corrected chi connectivity index (χ4v) is 2.81. The van der Waals surface area contributed by atoms with Crippen LogP contribution in [0, 0.1) is 10.1 Å². The van der Waals surface area contributed by atoms with Gasteiger partial charge in [0.05, 0.1) is 31.8 Å². The highest BCUT2D eigenvalue weighted by molar-refractivity contribution is 6.04. The Kier molecular flexibility index (Phi) is 3.99. The SMILES string of the molecule is COc1cc2[nH]c(-c3ccccc3)c([N+](=O)[O-])c2c(OC)c1OC. The van der Waals surface area contributed by atoms with Crippen molar-refractivity contribution in [3.05, 3.63) is 46.5 Å². The lowest BCUT2D eigenvalue weighted by atomic mass is 10.1. The Morgan fingerprint density at radius 2 is 1.67 bits per heavy atom. The molecule has 0 spiro atoms. The van der Waals surface area contributed by atoms with Gasteiger partial charge in [0.15, 0.2) is 11.5 Å². The van der Waals surface area contributed by atoms with E-state index in [-0.39, 0.29) is 11.4 Å². The summed E-state index contributed by atoms with van der Waals surface area (Å²) >= 11 is 0. The number of ether oxygens (including phenoxy) is 3. The number of nitrogens with zero attached hydrogens (tertiary/aromatic N) is 1. The van der Waals surface area contributed by atoms with Crippen LogP contribution in [0.5, 0.6) is 17.2 Å². The van der Waals surface area contributed by atoms with Gasteiger partial charge in [-0.05, 0) is 0 Å². The van der Waals surface area contributed by atoms with Crippen LogP contribution in [0.15, 0.2) is 36.4 Å². The Bertz CT molecular complexity index is 902. The number of nitrogens with one attached hydrogen (secondary N) is 1. The van der Waals surface area contributed by atoms with Gasteiger partial charge in [-0.2, -0.15) is 0 Å². The van der Waals surface area contributed by atoms with Crippen LogP contribution in [-0.4, -0.2) is 31.2 Å². The number of hydrogen-bond acceptors (Lipinski definition) is 5. The number of benzene rings is 2. The molecule has 3 rings (SSSR count). The molecule has 1 N–H and O–H groups in total. The Hall–Kier alpha value is -3.22. The van der Waals surface area contributed by atoms with Crippen LogP contribution in [0.25, 0.3) is 22.2 Å². The summed E-state index contributed by atoms with van der Waals surface area (Å²) in [4.78, 5) is 14.4. The lowest BCUT2D eigenvalue weighted by Crippen LogP contribution is -1.96. The van der Waals surface area contributed by atoms with Crippen molar-refractivity contribution in [2.75, 3.05) is 21.3 Å². The second-order valence-corrected chi connectivity index (χ2v) is 5.04. The van der Waals surface area contributed by atoms with Crippen LogP contribution in [0.1, 0.15) is 0 Å². The van der Waals surface area contributed by atoms with Gasteiger partial charge >= 0.3 is 5.69 Å². The second-order valence-electron chi connectivity index (χ2n) is 5.04. The molecule has 124 valence electrons. The van der Waals surface area contributed by atoms with E-state index in [2.05, 4.69) is 4.98 Å². The van der Waals surface area contributed by atoms with Crippen LogP contribution < -0.4 is 14.2 Å². The molecule has 0 radical (unpaired) electrons. The topological polar surface area (TPSA) is 86.6 Å². The van der Waals surface area contributed by atoms with E-state index in [4.69, 9.17) is 14.2 Å². The molecular formula is C17H16N2O5. The van der Waals surface area contributed by atoms with E-state index in [1.807, 2.05) is 18.2 Å². The van der Waals surface area contributed by atoms with E-state index in [9.17, 15) is 10.1 Å². The Balaban J connectivity index is 2.45. The third-order valence-electron chi connectivity index (χ3n) is 3.81. The normalized spacial score (nSPS) is 10.6. The van der Waals surface area contributed by atoms with Crippen LogP contribution in [0.2, 0.25) is 0 Å². The molecule has 0 unspecified atom stereocenters. The minimum atomic E-state index is -0.421. The second kappa shape index (κ2) is 6.11. The molecule has 3 aromatic rings. The predicted molar refractivity (Wildman–Crippen MR) is 90.0 cm³/mol. The number of nitro groups is 1.